The van der Waals surface area contributed by atoms with Crippen LogP contribution in [0.1, 0.15) is 15.9 Å². The topological polar surface area (TPSA) is 87.4 Å². The summed E-state index contributed by atoms with van der Waals surface area (Å²) in [4.78, 5) is 11.7. The van der Waals surface area contributed by atoms with Crippen molar-refractivity contribution < 1.29 is 9.90 Å². The van der Waals surface area contributed by atoms with Crippen LogP contribution in [0.5, 0.6) is 5.75 Å². The molecule has 0 aromatic heterocycles. The highest BCUT2D eigenvalue weighted by atomic mass is 16.3. The number of phenols is 1. The molecule has 0 saturated carbocycles. The summed E-state index contributed by atoms with van der Waals surface area (Å²) in [5, 5.41) is 9.13. The molecule has 0 bridgehead atoms. The van der Waals surface area contributed by atoms with Crippen LogP contribution >= 0.6 is 0 Å². The molecule has 0 saturated heterocycles. The maximum absolute atomic E-state index is 11.7. The molecule has 0 aliphatic heterocycles. The number of nitrogens with two attached hydrogens (primary N) is 1. The Kier molecular flexibility index (Phi) is 4.00. The summed E-state index contributed by atoms with van der Waals surface area (Å²) >= 11 is 0. The number of hydrogen-bond donors (Lipinski definition) is 4. The number of nitrogens with one attached hydrogen (secondary N) is 2. The Hall–Kier alpha value is -2.53. The molecule has 2 rings (SSSR count). The predicted molar refractivity (Wildman–Crippen MR) is 73.3 cm³/mol. The van der Waals surface area contributed by atoms with Crippen molar-refractivity contribution in [1.29, 1.82) is 0 Å². The van der Waals surface area contributed by atoms with Gasteiger partial charge in [-0.1, -0.05) is 12.1 Å². The van der Waals surface area contributed by atoms with Gasteiger partial charge in [-0.15, -0.1) is 0 Å². The summed E-state index contributed by atoms with van der Waals surface area (Å²) in [6.07, 6.45) is 0. The van der Waals surface area contributed by atoms with Gasteiger partial charge in [-0.2, -0.15) is 0 Å². The third-order valence-corrected chi connectivity index (χ3v) is 2.60. The van der Waals surface area contributed by atoms with E-state index in [-0.39, 0.29) is 11.7 Å². The zero-order valence-electron chi connectivity index (χ0n) is 10.3. The smallest absolute Gasteiger partial charge is 0.265 e. The number of aromatic hydroxyl groups is 1. The molecular weight excluding hydrogens is 242 g/mol. The Labute approximate surface area is 111 Å². The number of phenolic OH excluding ortho intramolecular Hbond substituents is 1. The van der Waals surface area contributed by atoms with Crippen molar-refractivity contribution >= 4 is 11.6 Å². The van der Waals surface area contributed by atoms with E-state index in [1.165, 1.54) is 12.1 Å². The van der Waals surface area contributed by atoms with Gasteiger partial charge in [0.25, 0.3) is 5.91 Å². The molecule has 0 spiro atoms. The normalized spacial score (nSPS) is 10.1. The van der Waals surface area contributed by atoms with Gasteiger partial charge in [-0.3, -0.25) is 10.2 Å². The van der Waals surface area contributed by atoms with Crippen molar-refractivity contribution in [3.8, 4) is 5.75 Å². The fraction of sp³-hybridized carbons (Fsp3) is 0.0714. The molecule has 0 radical (unpaired) electrons. The van der Waals surface area contributed by atoms with Gasteiger partial charge >= 0.3 is 0 Å². The maximum Gasteiger partial charge on any atom is 0.265 e. The number of benzene rings is 2. The van der Waals surface area contributed by atoms with Gasteiger partial charge in [0, 0.05) is 17.8 Å². The van der Waals surface area contributed by atoms with Gasteiger partial charge in [-0.25, -0.2) is 5.43 Å². The van der Waals surface area contributed by atoms with Crippen LogP contribution in [0.3, 0.4) is 0 Å². The molecular formula is C14H15N3O2. The van der Waals surface area contributed by atoms with E-state index < -0.39 is 0 Å². The molecule has 5 N–H and O–H groups in total. The molecule has 0 aliphatic rings. The summed E-state index contributed by atoms with van der Waals surface area (Å²) in [6.45, 7) is 0.504. The predicted octanol–water partition coefficient (Wildman–Crippen LogP) is 1.41. The first-order chi connectivity index (χ1) is 9.15. The number of hydrazine groups is 1. The van der Waals surface area contributed by atoms with Gasteiger partial charge < -0.3 is 10.8 Å². The van der Waals surface area contributed by atoms with Crippen molar-refractivity contribution in [2.24, 2.45) is 0 Å². The fourth-order valence-electron chi connectivity index (χ4n) is 1.55. The van der Waals surface area contributed by atoms with E-state index in [4.69, 9.17) is 10.8 Å². The number of hydrogen-bond acceptors (Lipinski definition) is 4. The first-order valence-corrected chi connectivity index (χ1v) is 5.82. The first kappa shape index (κ1) is 12.9. The monoisotopic (exact) mass is 257 g/mol. The Morgan fingerprint density at radius 3 is 2.32 bits per heavy atom. The summed E-state index contributed by atoms with van der Waals surface area (Å²) in [5.74, 6) is -0.123. The average Bonchev–Trinajstić information content (AvgIpc) is 2.41. The first-order valence-electron chi connectivity index (χ1n) is 5.82. The van der Waals surface area contributed by atoms with E-state index in [0.29, 0.717) is 17.8 Å². The average molecular weight is 257 g/mol. The zero-order valence-corrected chi connectivity index (χ0v) is 10.3. The maximum atomic E-state index is 11.7. The molecule has 1 amide bonds. The molecule has 0 unspecified atom stereocenters. The molecule has 0 fully saturated rings. The number of nitrogen functional groups attached to an aromatic ring is 1. The molecule has 19 heavy (non-hydrogen) atoms. The molecule has 5 heteroatoms. The van der Waals surface area contributed by atoms with Gasteiger partial charge in [0.2, 0.25) is 0 Å². The van der Waals surface area contributed by atoms with Crippen LogP contribution in [-0.4, -0.2) is 11.0 Å². The number of anilines is 1. The highest BCUT2D eigenvalue weighted by molar-refractivity contribution is 5.93. The zero-order chi connectivity index (χ0) is 13.7. The molecule has 0 aliphatic carbocycles. The van der Waals surface area contributed by atoms with E-state index in [9.17, 15) is 4.79 Å². The van der Waals surface area contributed by atoms with Crippen LogP contribution in [0, 0.1) is 0 Å². The van der Waals surface area contributed by atoms with Crippen LogP contribution in [-0.2, 0) is 6.54 Å². The largest absolute Gasteiger partial charge is 0.508 e. The lowest BCUT2D eigenvalue weighted by molar-refractivity contribution is 0.0932. The minimum absolute atomic E-state index is 0.131. The number of amides is 1. The van der Waals surface area contributed by atoms with Crippen LogP contribution in [0.2, 0.25) is 0 Å². The van der Waals surface area contributed by atoms with Crippen molar-refractivity contribution in [3.63, 3.8) is 0 Å². The van der Waals surface area contributed by atoms with E-state index in [2.05, 4.69) is 10.9 Å². The molecule has 98 valence electrons. The quantitative estimate of drug-likeness (QED) is 0.492. The van der Waals surface area contributed by atoms with E-state index in [0.717, 1.165) is 5.56 Å². The summed E-state index contributed by atoms with van der Waals surface area (Å²) in [7, 11) is 0. The van der Waals surface area contributed by atoms with Crippen LogP contribution < -0.4 is 16.6 Å². The van der Waals surface area contributed by atoms with Crippen LogP contribution in [0.15, 0.2) is 48.5 Å². The highest BCUT2D eigenvalue weighted by Crippen LogP contribution is 2.09. The highest BCUT2D eigenvalue weighted by Gasteiger charge is 2.04. The lowest BCUT2D eigenvalue weighted by Crippen LogP contribution is -2.36. The van der Waals surface area contributed by atoms with Gasteiger partial charge in [0.15, 0.2) is 0 Å². The van der Waals surface area contributed by atoms with Crippen LogP contribution in [0.4, 0.5) is 5.69 Å². The van der Waals surface area contributed by atoms with Crippen molar-refractivity contribution in [2.45, 2.75) is 6.54 Å². The molecule has 2 aromatic carbocycles. The second kappa shape index (κ2) is 5.88. The summed E-state index contributed by atoms with van der Waals surface area (Å²) in [6, 6.07) is 13.4. The molecule has 0 heterocycles. The van der Waals surface area contributed by atoms with Crippen LogP contribution in [0.25, 0.3) is 0 Å². The standard InChI is InChI=1S/C14H15N3O2/c15-12-5-1-10(2-6-12)9-16-17-14(19)11-3-7-13(18)8-4-11/h1-8,16,18H,9,15H2,(H,17,19). The SMILES string of the molecule is Nc1ccc(CNNC(=O)c2ccc(O)cc2)cc1. The number of carbonyl (C=O) groups excluding carboxylic acids is 1. The Morgan fingerprint density at radius 2 is 1.68 bits per heavy atom. The number of rotatable bonds is 4. The minimum atomic E-state index is -0.254. The number of carbonyl (C=O) groups is 1. The van der Waals surface area contributed by atoms with E-state index >= 15 is 0 Å². The Balaban J connectivity index is 1.84. The van der Waals surface area contributed by atoms with E-state index in [1.807, 2.05) is 12.1 Å². The van der Waals surface area contributed by atoms with Gasteiger partial charge in [0.1, 0.15) is 5.75 Å². The second-order valence-electron chi connectivity index (χ2n) is 4.10. The minimum Gasteiger partial charge on any atom is -0.508 e. The Bertz CT molecular complexity index is 550. The molecule has 0 atom stereocenters. The van der Waals surface area contributed by atoms with Gasteiger partial charge in [-0.05, 0) is 42.0 Å². The third-order valence-electron chi connectivity index (χ3n) is 2.60. The van der Waals surface area contributed by atoms with Crippen molar-refractivity contribution in [1.82, 2.24) is 10.9 Å². The lowest BCUT2D eigenvalue weighted by Gasteiger charge is -2.07. The van der Waals surface area contributed by atoms with Crippen molar-refractivity contribution in [3.05, 3.63) is 59.7 Å². The fourth-order valence-corrected chi connectivity index (χ4v) is 1.55. The van der Waals surface area contributed by atoms with E-state index in [1.54, 1.807) is 24.3 Å². The second-order valence-corrected chi connectivity index (χ2v) is 4.10. The summed E-state index contributed by atoms with van der Waals surface area (Å²) < 4.78 is 0. The summed E-state index contributed by atoms with van der Waals surface area (Å²) in [5.41, 5.74) is 13.2. The van der Waals surface area contributed by atoms with Crippen molar-refractivity contribution in [2.75, 3.05) is 5.73 Å². The third kappa shape index (κ3) is 3.72. The molecule has 5 nitrogen and oxygen atoms in total. The molecule has 2 aromatic rings. The van der Waals surface area contributed by atoms with Gasteiger partial charge in [0.05, 0.1) is 0 Å². The lowest BCUT2D eigenvalue weighted by atomic mass is 10.2. The Morgan fingerprint density at radius 1 is 1.05 bits per heavy atom.